The molecule has 3 fully saturated rings. The minimum Gasteiger partial charge on any atom is -0.660 e. The molecule has 220 valence electrons. The number of aliphatic hydroxyl groups is 4. The smallest absolute Gasteiger partial charge is 0.660 e. The molecule has 7 nitrogen and oxygen atoms in total. The van der Waals surface area contributed by atoms with Crippen LogP contribution in [0, 0.1) is 23.7 Å². The topological polar surface area (TPSA) is 141 Å². The van der Waals surface area contributed by atoms with E-state index in [1.54, 1.807) is 0 Å². The fourth-order valence-electron chi connectivity index (χ4n) is 5.20. The molecule has 1 aliphatic carbocycles. The largest absolute Gasteiger partial charge is 2.00 e. The van der Waals surface area contributed by atoms with Gasteiger partial charge in [-0.1, -0.05) is 110 Å². The third-order valence-corrected chi connectivity index (χ3v) is 8.62. The molecule has 2 aliphatic heterocycles. The Labute approximate surface area is 251 Å². The van der Waals surface area contributed by atoms with Crippen molar-refractivity contribution >= 4 is 31.9 Å². The van der Waals surface area contributed by atoms with Gasteiger partial charge in [0.15, 0.2) is 12.6 Å². The third kappa shape index (κ3) is 14.6. The van der Waals surface area contributed by atoms with Gasteiger partial charge in [0, 0.05) is 38.6 Å². The molecular formula is C24H48Br2Cu2N2O5. The van der Waals surface area contributed by atoms with Crippen LogP contribution >= 0.6 is 31.9 Å². The second kappa shape index (κ2) is 22.5. The summed E-state index contributed by atoms with van der Waals surface area (Å²) in [6.07, 6.45) is 7.56. The van der Waals surface area contributed by atoms with E-state index >= 15 is 0 Å². The zero-order valence-electron chi connectivity index (χ0n) is 21.4. The zero-order valence-corrected chi connectivity index (χ0v) is 26.4. The van der Waals surface area contributed by atoms with Crippen LogP contribution in [0.4, 0.5) is 0 Å². The molecule has 0 bridgehead atoms. The first-order valence-corrected chi connectivity index (χ1v) is 14.3. The van der Waals surface area contributed by atoms with Gasteiger partial charge in [0.2, 0.25) is 0 Å². The summed E-state index contributed by atoms with van der Waals surface area (Å²) in [5.41, 5.74) is 0. The van der Waals surface area contributed by atoms with Crippen molar-refractivity contribution in [1.82, 2.24) is 0 Å². The molecule has 2 heterocycles. The van der Waals surface area contributed by atoms with Crippen molar-refractivity contribution in [2.45, 2.75) is 113 Å². The Hall–Kier alpha value is 1.72. The van der Waals surface area contributed by atoms with E-state index in [0.717, 1.165) is 37.8 Å². The van der Waals surface area contributed by atoms with Crippen LogP contribution in [0.25, 0.3) is 10.6 Å². The maximum absolute atomic E-state index is 8.71. The molecule has 0 aromatic heterocycles. The molecule has 0 amide bonds. The first-order chi connectivity index (χ1) is 15.1. The monoisotopic (exact) mass is 728 g/mol. The molecule has 8 atom stereocenters. The van der Waals surface area contributed by atoms with Gasteiger partial charge in [0.05, 0.1) is 0 Å². The van der Waals surface area contributed by atoms with Crippen LogP contribution in [0.5, 0.6) is 0 Å². The third-order valence-electron chi connectivity index (χ3n) is 7.26. The summed E-state index contributed by atoms with van der Waals surface area (Å²) in [6, 6.07) is 1.26. The Morgan fingerprint density at radius 2 is 1.03 bits per heavy atom. The molecule has 3 rings (SSSR count). The first-order valence-electron chi connectivity index (χ1n) is 12.5. The molecule has 35 heavy (non-hydrogen) atoms. The minimum atomic E-state index is -1.19. The number of rotatable bonds is 6. The number of nitrogens with zero attached hydrogens (tertiary/aromatic N) is 2. The van der Waals surface area contributed by atoms with Crippen molar-refractivity contribution in [3.8, 4) is 0 Å². The molecule has 1 saturated carbocycles. The quantitative estimate of drug-likeness (QED) is 0.182. The molecule has 0 aromatic rings. The van der Waals surface area contributed by atoms with Gasteiger partial charge in [-0.2, -0.15) is 0 Å². The summed E-state index contributed by atoms with van der Waals surface area (Å²) < 4.78 is 0. The van der Waals surface area contributed by atoms with Crippen molar-refractivity contribution in [3.05, 3.63) is 10.6 Å². The first kappa shape index (κ1) is 41.2. The molecule has 2 radical (unpaired) electrons. The summed E-state index contributed by atoms with van der Waals surface area (Å²) in [5.74, 6) is 1.69. The summed E-state index contributed by atoms with van der Waals surface area (Å²) >= 11 is 6.56. The van der Waals surface area contributed by atoms with Crippen LogP contribution in [-0.2, 0) is 34.1 Å². The van der Waals surface area contributed by atoms with Gasteiger partial charge in [-0.3, -0.25) is 0 Å². The van der Waals surface area contributed by atoms with Crippen LogP contribution in [0.1, 0.15) is 79.1 Å². The second-order valence-electron chi connectivity index (χ2n) is 9.50. The Balaban J connectivity index is -0.000000441. The van der Waals surface area contributed by atoms with E-state index in [4.69, 9.17) is 31.1 Å². The summed E-state index contributed by atoms with van der Waals surface area (Å²) in [7, 11) is 0. The fraction of sp³-hybridized carbons (Fsp3) is 1.00. The molecule has 0 spiro atoms. The zero-order chi connectivity index (χ0) is 24.3. The van der Waals surface area contributed by atoms with Crippen molar-refractivity contribution in [2.24, 2.45) is 23.7 Å². The van der Waals surface area contributed by atoms with E-state index in [2.05, 4.69) is 31.9 Å². The van der Waals surface area contributed by atoms with Gasteiger partial charge in [0.25, 0.3) is 0 Å². The maximum Gasteiger partial charge on any atom is 2.00 e. The number of fused-ring (bicyclic) bond motifs is 3. The van der Waals surface area contributed by atoms with E-state index in [0.29, 0.717) is 12.1 Å². The summed E-state index contributed by atoms with van der Waals surface area (Å²) in [5, 5.41) is 44.5. The number of aliphatic hydroxyl groups excluding tert-OH is 2. The molecular weight excluding hydrogens is 683 g/mol. The van der Waals surface area contributed by atoms with Crippen molar-refractivity contribution < 1.29 is 60.0 Å². The standard InChI is InChI=1S/C12H20N2.2C6H13BrO2.2Cu.H2O/c1-3-9-5-6-10-4-2-8-14-12(10)11(9)13-7-1;2*1-3-5(4(2)7)6(8)9;;;/h9-12H,1-8H2;2*4-6,8-9H,3H2,1-2H3;;;1H2/q-2;;;;+2;. The molecule has 6 N–H and O–H groups in total. The van der Waals surface area contributed by atoms with E-state index < -0.39 is 12.6 Å². The maximum atomic E-state index is 8.71. The van der Waals surface area contributed by atoms with Crippen LogP contribution in [0.2, 0.25) is 0 Å². The number of alkyl halides is 2. The normalized spacial score (nSPS) is 28.5. The van der Waals surface area contributed by atoms with Crippen LogP contribution in [-0.4, -0.2) is 73.3 Å². The second-order valence-corrected chi connectivity index (χ2v) is 12.4. The number of halogens is 2. The Kier molecular flexibility index (Phi) is 26.5. The molecule has 3 aliphatic rings. The Morgan fingerprint density at radius 1 is 0.714 bits per heavy atom. The van der Waals surface area contributed by atoms with Crippen LogP contribution in [0.15, 0.2) is 0 Å². The summed E-state index contributed by atoms with van der Waals surface area (Å²) in [4.78, 5) is 0.338. The van der Waals surface area contributed by atoms with E-state index in [-0.39, 0.29) is 61.1 Å². The number of piperidine rings is 2. The average Bonchev–Trinajstić information content (AvgIpc) is 2.74. The summed E-state index contributed by atoms with van der Waals surface area (Å²) in [6.45, 7) is 9.91. The predicted molar refractivity (Wildman–Crippen MR) is 143 cm³/mol. The molecule has 8 unspecified atom stereocenters. The van der Waals surface area contributed by atoms with E-state index in [1.165, 1.54) is 38.5 Å². The van der Waals surface area contributed by atoms with Crippen molar-refractivity contribution in [1.29, 1.82) is 0 Å². The van der Waals surface area contributed by atoms with Gasteiger partial charge in [0.1, 0.15) is 0 Å². The van der Waals surface area contributed by atoms with E-state index in [9.17, 15) is 0 Å². The molecule has 11 heteroatoms. The molecule has 2 saturated heterocycles. The van der Waals surface area contributed by atoms with Crippen LogP contribution < -0.4 is 0 Å². The SMILES string of the molecule is C1C[N-]C2C(C1)CCC1CCC[N-]C12.CCC(C(O)O)C(C)Br.CCC(C(O)O)C(C)Br.O.[Cu+2].[Cu]. The fourth-order valence-corrected chi connectivity index (χ4v) is 6.50. The van der Waals surface area contributed by atoms with Crippen molar-refractivity contribution in [2.75, 3.05) is 13.1 Å². The Bertz CT molecular complexity index is 439. The van der Waals surface area contributed by atoms with Gasteiger partial charge in [-0.25, -0.2) is 0 Å². The average molecular weight is 732 g/mol. The van der Waals surface area contributed by atoms with Gasteiger partial charge in [-0.15, -0.1) is 25.2 Å². The number of hydrogen-bond acceptors (Lipinski definition) is 4. The van der Waals surface area contributed by atoms with Gasteiger partial charge >= 0.3 is 17.1 Å². The molecule has 0 aromatic carbocycles. The van der Waals surface area contributed by atoms with Crippen LogP contribution in [0.3, 0.4) is 0 Å². The predicted octanol–water partition coefficient (Wildman–Crippen LogP) is 4.47. The number of hydrogen-bond donors (Lipinski definition) is 4. The van der Waals surface area contributed by atoms with Gasteiger partial charge in [-0.05, 0) is 12.8 Å². The van der Waals surface area contributed by atoms with Crippen molar-refractivity contribution in [3.63, 3.8) is 0 Å². The minimum absolute atomic E-state index is 0. The van der Waals surface area contributed by atoms with E-state index in [1.807, 2.05) is 27.7 Å². The Morgan fingerprint density at radius 3 is 1.23 bits per heavy atom. The van der Waals surface area contributed by atoms with Gasteiger partial charge < -0.3 is 36.5 Å².